The van der Waals surface area contributed by atoms with E-state index in [0.717, 1.165) is 70.1 Å². The number of unbranched alkanes of at least 4 members (excludes halogenated alkanes) is 4. The third kappa shape index (κ3) is 15.0. The van der Waals surface area contributed by atoms with Crippen molar-refractivity contribution in [3.05, 3.63) is 35.4 Å². The molecular formula is C32H54N2O7. The van der Waals surface area contributed by atoms with Gasteiger partial charge in [0, 0.05) is 65.8 Å². The Morgan fingerprint density at radius 2 is 1.56 bits per heavy atom. The minimum atomic E-state index is -0.500. The van der Waals surface area contributed by atoms with Crippen LogP contribution in [0.15, 0.2) is 24.3 Å². The van der Waals surface area contributed by atoms with Gasteiger partial charge in [-0.05, 0) is 95.8 Å². The predicted octanol–water partition coefficient (Wildman–Crippen LogP) is 5.57. The molecule has 0 bridgehead atoms. The van der Waals surface area contributed by atoms with Crippen LogP contribution in [0.2, 0.25) is 0 Å². The van der Waals surface area contributed by atoms with Crippen molar-refractivity contribution in [2.24, 2.45) is 0 Å². The minimum Gasteiger partial charge on any atom is -0.444 e. The van der Waals surface area contributed by atoms with Gasteiger partial charge in [-0.2, -0.15) is 0 Å². The van der Waals surface area contributed by atoms with E-state index in [0.29, 0.717) is 50.9 Å². The zero-order chi connectivity index (χ0) is 29.9. The third-order valence-electron chi connectivity index (χ3n) is 7.04. The lowest BCUT2D eigenvalue weighted by Crippen LogP contribution is -2.41. The number of nitrogens with zero attached hydrogens (tertiary/aromatic N) is 1. The molecule has 1 saturated heterocycles. The summed E-state index contributed by atoms with van der Waals surface area (Å²) in [7, 11) is 3.43. The van der Waals surface area contributed by atoms with Crippen molar-refractivity contribution in [2.75, 3.05) is 66.9 Å². The summed E-state index contributed by atoms with van der Waals surface area (Å²) in [5.41, 5.74) is 1.26. The number of likely N-dealkylation sites (tertiary alicyclic amines) is 1. The SMILES string of the molecule is COCCCCCOCC(CNC(=O)c1cccc(C2CCN(C(=O)OC(C)(C)C)CC2)c1)OCCCCCOC. The lowest BCUT2D eigenvalue weighted by molar-refractivity contribution is -0.0173. The largest absolute Gasteiger partial charge is 0.444 e. The number of carbonyl (C=O) groups excluding carboxylic acids is 2. The average molecular weight is 579 g/mol. The van der Waals surface area contributed by atoms with Gasteiger partial charge in [-0.15, -0.1) is 0 Å². The zero-order valence-electron chi connectivity index (χ0n) is 26.1. The van der Waals surface area contributed by atoms with Gasteiger partial charge in [0.25, 0.3) is 5.91 Å². The molecule has 0 spiro atoms. The highest BCUT2D eigenvalue weighted by molar-refractivity contribution is 5.94. The van der Waals surface area contributed by atoms with Gasteiger partial charge in [-0.3, -0.25) is 4.79 Å². The molecule has 1 aliphatic heterocycles. The summed E-state index contributed by atoms with van der Waals surface area (Å²) >= 11 is 0. The monoisotopic (exact) mass is 578 g/mol. The Morgan fingerprint density at radius 3 is 2.20 bits per heavy atom. The Labute approximate surface area is 247 Å². The van der Waals surface area contributed by atoms with Gasteiger partial charge in [0.2, 0.25) is 0 Å². The number of methoxy groups -OCH3 is 2. The van der Waals surface area contributed by atoms with E-state index in [4.69, 9.17) is 23.7 Å². The van der Waals surface area contributed by atoms with Gasteiger partial charge < -0.3 is 33.9 Å². The molecule has 1 aromatic rings. The fraction of sp³-hybridized carbons (Fsp3) is 0.750. The summed E-state index contributed by atoms with van der Waals surface area (Å²) in [4.78, 5) is 27.3. The Hall–Kier alpha value is -2.20. The van der Waals surface area contributed by atoms with Gasteiger partial charge in [-0.1, -0.05) is 12.1 Å². The van der Waals surface area contributed by atoms with E-state index < -0.39 is 5.60 Å². The van der Waals surface area contributed by atoms with Crippen LogP contribution >= 0.6 is 0 Å². The van der Waals surface area contributed by atoms with Gasteiger partial charge in [0.1, 0.15) is 5.60 Å². The summed E-state index contributed by atoms with van der Waals surface area (Å²) in [6.45, 7) is 10.6. The molecule has 2 amide bonds. The first-order chi connectivity index (χ1) is 19.7. The second-order valence-corrected chi connectivity index (χ2v) is 11.8. The first-order valence-corrected chi connectivity index (χ1v) is 15.3. The quantitative estimate of drug-likeness (QED) is 0.215. The molecule has 1 unspecified atom stereocenters. The Morgan fingerprint density at radius 1 is 0.927 bits per heavy atom. The smallest absolute Gasteiger partial charge is 0.410 e. The number of piperidine rings is 1. The first-order valence-electron chi connectivity index (χ1n) is 15.3. The van der Waals surface area contributed by atoms with Crippen LogP contribution in [0.5, 0.6) is 0 Å². The first kappa shape index (κ1) is 35.0. The minimum absolute atomic E-state index is 0.119. The van der Waals surface area contributed by atoms with Crippen molar-refractivity contribution in [3.8, 4) is 0 Å². The van der Waals surface area contributed by atoms with E-state index in [-0.39, 0.29) is 18.1 Å². The van der Waals surface area contributed by atoms with Gasteiger partial charge >= 0.3 is 6.09 Å². The summed E-state index contributed by atoms with van der Waals surface area (Å²) in [5, 5.41) is 3.05. The van der Waals surface area contributed by atoms with Crippen LogP contribution in [-0.2, 0) is 23.7 Å². The van der Waals surface area contributed by atoms with Crippen molar-refractivity contribution in [3.63, 3.8) is 0 Å². The molecule has 1 N–H and O–H groups in total. The number of ether oxygens (including phenoxy) is 5. The lowest BCUT2D eigenvalue weighted by atomic mass is 9.88. The lowest BCUT2D eigenvalue weighted by Gasteiger charge is -2.33. The molecule has 1 fully saturated rings. The van der Waals surface area contributed by atoms with E-state index in [2.05, 4.69) is 11.4 Å². The molecule has 2 rings (SSSR count). The van der Waals surface area contributed by atoms with Gasteiger partial charge in [-0.25, -0.2) is 4.79 Å². The maximum atomic E-state index is 13.1. The number of amides is 2. The Balaban J connectivity index is 1.84. The molecule has 9 heteroatoms. The van der Waals surface area contributed by atoms with E-state index in [1.165, 1.54) is 0 Å². The molecule has 0 aromatic heterocycles. The number of hydrogen-bond acceptors (Lipinski definition) is 7. The number of nitrogens with one attached hydrogen (secondary N) is 1. The van der Waals surface area contributed by atoms with Crippen LogP contribution in [0.25, 0.3) is 0 Å². The van der Waals surface area contributed by atoms with Crippen LogP contribution < -0.4 is 5.32 Å². The molecule has 0 saturated carbocycles. The van der Waals surface area contributed by atoms with Crippen LogP contribution in [0.1, 0.15) is 94.0 Å². The molecule has 0 radical (unpaired) electrons. The number of carbonyl (C=O) groups is 2. The van der Waals surface area contributed by atoms with E-state index in [9.17, 15) is 9.59 Å². The van der Waals surface area contributed by atoms with Gasteiger partial charge in [0.05, 0.1) is 12.7 Å². The number of rotatable bonds is 19. The summed E-state index contributed by atoms with van der Waals surface area (Å²) in [5.74, 6) is 0.180. The van der Waals surface area contributed by atoms with Crippen molar-refractivity contribution in [1.82, 2.24) is 10.2 Å². The maximum Gasteiger partial charge on any atom is 0.410 e. The molecule has 41 heavy (non-hydrogen) atoms. The van der Waals surface area contributed by atoms with Crippen LogP contribution in [-0.4, -0.2) is 95.5 Å². The van der Waals surface area contributed by atoms with Crippen molar-refractivity contribution >= 4 is 12.0 Å². The van der Waals surface area contributed by atoms with Crippen LogP contribution in [0, 0.1) is 0 Å². The molecule has 234 valence electrons. The normalized spacial score (nSPS) is 15.1. The second kappa shape index (κ2) is 19.8. The topological polar surface area (TPSA) is 95.6 Å². The standard InChI is InChI=1S/C32H54N2O7/c1-32(2,3)41-31(36)34-17-15-26(16-18-34)27-13-12-14-28(23-27)30(35)33-24-29(40-22-11-7-9-20-38-5)25-39-21-10-6-8-19-37-4/h12-14,23,26,29H,6-11,15-22,24-25H2,1-5H3,(H,33,35). The fourth-order valence-electron chi connectivity index (χ4n) is 4.75. The molecule has 0 aliphatic carbocycles. The van der Waals surface area contributed by atoms with Crippen LogP contribution in [0.4, 0.5) is 4.79 Å². The summed E-state index contributed by atoms with van der Waals surface area (Å²) in [6, 6.07) is 7.83. The summed E-state index contributed by atoms with van der Waals surface area (Å²) < 4.78 is 27.7. The highest BCUT2D eigenvalue weighted by Crippen LogP contribution is 2.29. The maximum absolute atomic E-state index is 13.1. The van der Waals surface area contributed by atoms with Gasteiger partial charge in [0.15, 0.2) is 0 Å². The van der Waals surface area contributed by atoms with Crippen molar-refractivity contribution in [1.29, 1.82) is 0 Å². The molecule has 1 heterocycles. The van der Waals surface area contributed by atoms with Crippen molar-refractivity contribution < 1.29 is 33.3 Å². The molecular weight excluding hydrogens is 524 g/mol. The second-order valence-electron chi connectivity index (χ2n) is 11.8. The molecule has 1 aromatic carbocycles. The van der Waals surface area contributed by atoms with E-state index >= 15 is 0 Å². The zero-order valence-corrected chi connectivity index (χ0v) is 26.1. The van der Waals surface area contributed by atoms with Crippen molar-refractivity contribution in [2.45, 2.75) is 89.8 Å². The molecule has 1 atom stereocenters. The highest BCUT2D eigenvalue weighted by atomic mass is 16.6. The fourth-order valence-corrected chi connectivity index (χ4v) is 4.75. The molecule has 9 nitrogen and oxygen atoms in total. The number of hydrogen-bond donors (Lipinski definition) is 1. The van der Waals surface area contributed by atoms with E-state index in [1.807, 2.05) is 39.0 Å². The summed E-state index contributed by atoms with van der Waals surface area (Å²) in [6.07, 6.45) is 7.27. The third-order valence-corrected chi connectivity index (χ3v) is 7.04. The van der Waals surface area contributed by atoms with Crippen LogP contribution in [0.3, 0.4) is 0 Å². The Kier molecular flexibility index (Phi) is 16.9. The average Bonchev–Trinajstić information content (AvgIpc) is 2.95. The number of benzene rings is 1. The highest BCUT2D eigenvalue weighted by Gasteiger charge is 2.27. The molecule has 1 aliphatic rings. The predicted molar refractivity (Wildman–Crippen MR) is 161 cm³/mol. The Bertz CT molecular complexity index is 866. The van der Waals surface area contributed by atoms with E-state index in [1.54, 1.807) is 19.1 Å².